The molecule has 0 saturated heterocycles. The Morgan fingerprint density at radius 2 is 1.92 bits per heavy atom. The first-order valence-corrected chi connectivity index (χ1v) is 8.08. The largest absolute Gasteiger partial charge is 0.469 e. The Labute approximate surface area is 142 Å². The number of amides is 1. The fourth-order valence-corrected chi connectivity index (χ4v) is 2.37. The molecule has 1 aromatic heterocycles. The SMILES string of the molecule is CCC(C)c1ccccc1NC(=O)C(C)OC(=O)c1ccoc1C. The molecule has 0 aliphatic rings. The zero-order valence-corrected chi connectivity index (χ0v) is 14.5. The van der Waals surface area contributed by atoms with Gasteiger partial charge in [-0.25, -0.2) is 4.79 Å². The molecule has 0 spiro atoms. The molecule has 5 heteroatoms. The van der Waals surface area contributed by atoms with Gasteiger partial charge in [-0.3, -0.25) is 4.79 Å². The predicted octanol–water partition coefficient (Wildman–Crippen LogP) is 4.29. The van der Waals surface area contributed by atoms with Gasteiger partial charge >= 0.3 is 5.97 Å². The Morgan fingerprint density at radius 1 is 1.21 bits per heavy atom. The Bertz CT molecular complexity index is 720. The maximum Gasteiger partial charge on any atom is 0.342 e. The lowest BCUT2D eigenvalue weighted by atomic mass is 9.97. The first kappa shape index (κ1) is 17.8. The minimum absolute atomic E-state index is 0.327. The van der Waals surface area contributed by atoms with Gasteiger partial charge in [-0.2, -0.15) is 0 Å². The van der Waals surface area contributed by atoms with Gasteiger partial charge in [-0.15, -0.1) is 0 Å². The van der Waals surface area contributed by atoms with Crippen LogP contribution in [0.3, 0.4) is 0 Å². The van der Waals surface area contributed by atoms with Crippen molar-refractivity contribution in [2.24, 2.45) is 0 Å². The van der Waals surface area contributed by atoms with Gasteiger partial charge in [0.05, 0.1) is 6.26 Å². The second kappa shape index (κ2) is 7.81. The fourth-order valence-electron chi connectivity index (χ4n) is 2.37. The minimum Gasteiger partial charge on any atom is -0.469 e. The predicted molar refractivity (Wildman–Crippen MR) is 92.1 cm³/mol. The molecule has 0 bridgehead atoms. The van der Waals surface area contributed by atoms with E-state index in [9.17, 15) is 9.59 Å². The molecule has 0 fully saturated rings. The molecular formula is C19H23NO4. The number of hydrogen-bond acceptors (Lipinski definition) is 4. The molecule has 2 aromatic rings. The number of carbonyl (C=O) groups excluding carboxylic acids is 2. The van der Waals surface area contributed by atoms with Crippen molar-refractivity contribution < 1.29 is 18.7 Å². The molecule has 0 radical (unpaired) electrons. The highest BCUT2D eigenvalue weighted by Gasteiger charge is 2.22. The average molecular weight is 329 g/mol. The third-order valence-electron chi connectivity index (χ3n) is 4.09. The Kier molecular flexibility index (Phi) is 5.79. The number of aryl methyl sites for hydroxylation is 1. The standard InChI is InChI=1S/C19H23NO4/c1-5-12(2)15-8-6-7-9-17(15)20-18(21)14(4)24-19(22)16-10-11-23-13(16)3/h6-12,14H,5H2,1-4H3,(H,20,21). The Balaban J connectivity index is 2.05. The van der Waals surface area contributed by atoms with Crippen LogP contribution < -0.4 is 5.32 Å². The summed E-state index contributed by atoms with van der Waals surface area (Å²) in [6.45, 7) is 7.43. The number of benzene rings is 1. The topological polar surface area (TPSA) is 68.5 Å². The van der Waals surface area contributed by atoms with E-state index < -0.39 is 12.1 Å². The van der Waals surface area contributed by atoms with E-state index in [0.29, 0.717) is 17.2 Å². The minimum atomic E-state index is -0.906. The zero-order valence-electron chi connectivity index (χ0n) is 14.5. The Morgan fingerprint density at radius 3 is 2.54 bits per heavy atom. The molecule has 2 atom stereocenters. The number of rotatable bonds is 6. The van der Waals surface area contributed by atoms with Crippen LogP contribution in [0.15, 0.2) is 41.0 Å². The molecule has 24 heavy (non-hydrogen) atoms. The fraction of sp³-hybridized carbons (Fsp3) is 0.368. The van der Waals surface area contributed by atoms with Crippen LogP contribution in [-0.4, -0.2) is 18.0 Å². The lowest BCUT2D eigenvalue weighted by Gasteiger charge is -2.18. The van der Waals surface area contributed by atoms with Crippen molar-refractivity contribution >= 4 is 17.6 Å². The van der Waals surface area contributed by atoms with Gasteiger partial charge < -0.3 is 14.5 Å². The molecule has 1 aromatic carbocycles. The normalized spacial score (nSPS) is 13.2. The zero-order chi connectivity index (χ0) is 17.7. The summed E-state index contributed by atoms with van der Waals surface area (Å²) in [7, 11) is 0. The second-order valence-corrected chi connectivity index (χ2v) is 5.82. The van der Waals surface area contributed by atoms with Crippen LogP contribution >= 0.6 is 0 Å². The molecular weight excluding hydrogens is 306 g/mol. The first-order chi connectivity index (χ1) is 11.4. The lowest BCUT2D eigenvalue weighted by Crippen LogP contribution is -2.30. The molecule has 0 aliphatic carbocycles. The summed E-state index contributed by atoms with van der Waals surface area (Å²) in [6.07, 6.45) is 1.48. The molecule has 128 valence electrons. The molecule has 2 rings (SSSR count). The maximum absolute atomic E-state index is 12.4. The number of para-hydroxylation sites is 1. The smallest absolute Gasteiger partial charge is 0.342 e. The Hall–Kier alpha value is -2.56. The summed E-state index contributed by atoms with van der Waals surface area (Å²) in [4.78, 5) is 24.4. The highest BCUT2D eigenvalue weighted by molar-refractivity contribution is 5.98. The number of nitrogens with one attached hydrogen (secondary N) is 1. The maximum atomic E-state index is 12.4. The van der Waals surface area contributed by atoms with Crippen molar-refractivity contribution in [1.82, 2.24) is 0 Å². The van der Waals surface area contributed by atoms with Gasteiger partial charge in [0, 0.05) is 5.69 Å². The van der Waals surface area contributed by atoms with Crippen LogP contribution in [0.4, 0.5) is 5.69 Å². The van der Waals surface area contributed by atoms with Gasteiger partial charge in [0.15, 0.2) is 6.10 Å². The van der Waals surface area contributed by atoms with E-state index >= 15 is 0 Å². The summed E-state index contributed by atoms with van der Waals surface area (Å²) in [6, 6.07) is 9.19. The van der Waals surface area contributed by atoms with E-state index in [-0.39, 0.29) is 5.91 Å². The second-order valence-electron chi connectivity index (χ2n) is 5.82. The summed E-state index contributed by atoms with van der Waals surface area (Å²) in [5.41, 5.74) is 2.14. The number of esters is 1. The average Bonchev–Trinajstić information content (AvgIpc) is 3.00. The van der Waals surface area contributed by atoms with E-state index in [1.54, 1.807) is 13.8 Å². The van der Waals surface area contributed by atoms with E-state index in [0.717, 1.165) is 17.7 Å². The molecule has 5 nitrogen and oxygen atoms in total. The van der Waals surface area contributed by atoms with Crippen LogP contribution in [0, 0.1) is 6.92 Å². The summed E-state index contributed by atoms with van der Waals surface area (Å²) in [5, 5.41) is 2.85. The van der Waals surface area contributed by atoms with Crippen LogP contribution in [0.2, 0.25) is 0 Å². The van der Waals surface area contributed by atoms with E-state index in [1.807, 2.05) is 24.3 Å². The quantitative estimate of drug-likeness (QED) is 0.803. The van der Waals surface area contributed by atoms with Crippen LogP contribution in [0.1, 0.15) is 54.8 Å². The van der Waals surface area contributed by atoms with Crippen LogP contribution in [-0.2, 0) is 9.53 Å². The van der Waals surface area contributed by atoms with Crippen molar-refractivity contribution in [1.29, 1.82) is 0 Å². The van der Waals surface area contributed by atoms with Crippen LogP contribution in [0.25, 0.3) is 0 Å². The number of ether oxygens (including phenoxy) is 1. The highest BCUT2D eigenvalue weighted by atomic mass is 16.5. The van der Waals surface area contributed by atoms with Crippen molar-refractivity contribution in [2.45, 2.75) is 46.1 Å². The molecule has 1 heterocycles. The van der Waals surface area contributed by atoms with E-state index in [4.69, 9.17) is 9.15 Å². The van der Waals surface area contributed by atoms with Gasteiger partial charge in [0.2, 0.25) is 0 Å². The van der Waals surface area contributed by atoms with Crippen molar-refractivity contribution in [3.8, 4) is 0 Å². The van der Waals surface area contributed by atoms with E-state index in [2.05, 4.69) is 19.2 Å². The third kappa shape index (κ3) is 4.04. The van der Waals surface area contributed by atoms with Gasteiger partial charge in [0.1, 0.15) is 11.3 Å². The molecule has 0 aliphatic heterocycles. The lowest BCUT2D eigenvalue weighted by molar-refractivity contribution is -0.123. The first-order valence-electron chi connectivity index (χ1n) is 8.08. The van der Waals surface area contributed by atoms with Crippen molar-refractivity contribution in [3.63, 3.8) is 0 Å². The summed E-state index contributed by atoms with van der Waals surface area (Å²) < 4.78 is 10.3. The van der Waals surface area contributed by atoms with E-state index in [1.165, 1.54) is 12.3 Å². The third-order valence-corrected chi connectivity index (χ3v) is 4.09. The molecule has 1 amide bonds. The molecule has 1 N–H and O–H groups in total. The molecule has 2 unspecified atom stereocenters. The number of hydrogen-bond donors (Lipinski definition) is 1. The van der Waals surface area contributed by atoms with Gasteiger partial charge in [0.25, 0.3) is 5.91 Å². The monoisotopic (exact) mass is 329 g/mol. The van der Waals surface area contributed by atoms with Crippen molar-refractivity contribution in [3.05, 3.63) is 53.5 Å². The summed E-state index contributed by atoms with van der Waals surface area (Å²) in [5.74, 6) is -0.137. The number of carbonyl (C=O) groups is 2. The van der Waals surface area contributed by atoms with Crippen molar-refractivity contribution in [2.75, 3.05) is 5.32 Å². The number of anilines is 1. The summed E-state index contributed by atoms with van der Waals surface area (Å²) >= 11 is 0. The van der Waals surface area contributed by atoms with Gasteiger partial charge in [-0.05, 0) is 43.9 Å². The van der Waals surface area contributed by atoms with Crippen LogP contribution in [0.5, 0.6) is 0 Å². The number of furan rings is 1. The van der Waals surface area contributed by atoms with Gasteiger partial charge in [-0.1, -0.05) is 32.0 Å². The highest BCUT2D eigenvalue weighted by Crippen LogP contribution is 2.26. The molecule has 0 saturated carbocycles.